The number of hydrogen-bond acceptors (Lipinski definition) is 0. The molecule has 0 heteroatoms. The lowest BCUT2D eigenvalue weighted by atomic mass is 9.99. The minimum Gasteiger partial charge on any atom is -0.0812 e. The lowest BCUT2D eigenvalue weighted by molar-refractivity contribution is 0.717. The van der Waals surface area contributed by atoms with Crippen molar-refractivity contribution in [1.82, 2.24) is 0 Å². The van der Waals surface area contributed by atoms with Crippen LogP contribution in [-0.2, 0) is 6.42 Å². The Bertz CT molecular complexity index is 313. The van der Waals surface area contributed by atoms with Gasteiger partial charge in [-0.15, -0.1) is 0 Å². The summed E-state index contributed by atoms with van der Waals surface area (Å²) in [5.74, 6) is 2.62. The SMILES string of the molecule is [C]#CC(C)c1ccc(CCCCC)cc1. The number of unbranched alkanes of at least 4 members (excludes halogenated alkanes) is 2. The molecule has 0 bridgehead atoms. The van der Waals surface area contributed by atoms with E-state index >= 15 is 0 Å². The molecular weight excluding hydrogens is 180 g/mol. The maximum Gasteiger partial charge on any atom is 0.0434 e. The van der Waals surface area contributed by atoms with Gasteiger partial charge in [0.1, 0.15) is 0 Å². The molecule has 1 aromatic carbocycles. The van der Waals surface area contributed by atoms with Crippen LogP contribution < -0.4 is 0 Å². The molecule has 0 fully saturated rings. The smallest absolute Gasteiger partial charge is 0.0434 e. The van der Waals surface area contributed by atoms with E-state index < -0.39 is 0 Å². The Hall–Kier alpha value is -1.22. The van der Waals surface area contributed by atoms with Gasteiger partial charge in [0.15, 0.2) is 0 Å². The van der Waals surface area contributed by atoms with Gasteiger partial charge in [0.05, 0.1) is 0 Å². The summed E-state index contributed by atoms with van der Waals surface area (Å²) in [6, 6.07) is 8.60. The van der Waals surface area contributed by atoms with Crippen LogP contribution in [0, 0.1) is 12.3 Å². The largest absolute Gasteiger partial charge is 0.0812 e. The van der Waals surface area contributed by atoms with Gasteiger partial charge >= 0.3 is 0 Å². The van der Waals surface area contributed by atoms with Crippen molar-refractivity contribution in [2.24, 2.45) is 0 Å². The summed E-state index contributed by atoms with van der Waals surface area (Å²) in [4.78, 5) is 0. The minimum atomic E-state index is 0.120. The molecule has 1 radical (unpaired) electrons. The third-order valence-corrected chi connectivity index (χ3v) is 2.77. The lowest BCUT2D eigenvalue weighted by Gasteiger charge is -2.06. The predicted octanol–water partition coefficient (Wildman–Crippen LogP) is 4.11. The van der Waals surface area contributed by atoms with E-state index in [4.69, 9.17) is 6.42 Å². The third kappa shape index (κ3) is 3.80. The summed E-state index contributed by atoms with van der Waals surface area (Å²) in [6.07, 6.45) is 12.1. The Kier molecular flexibility index (Phi) is 4.98. The normalized spacial score (nSPS) is 12.1. The maximum absolute atomic E-state index is 7.09. The maximum atomic E-state index is 7.09. The quantitative estimate of drug-likeness (QED) is 0.494. The van der Waals surface area contributed by atoms with Crippen LogP contribution in [0.25, 0.3) is 0 Å². The van der Waals surface area contributed by atoms with E-state index in [2.05, 4.69) is 37.1 Å². The average Bonchev–Trinajstić information content (AvgIpc) is 2.29. The van der Waals surface area contributed by atoms with Crippen molar-refractivity contribution in [1.29, 1.82) is 0 Å². The van der Waals surface area contributed by atoms with E-state index in [9.17, 15) is 0 Å². The highest BCUT2D eigenvalue weighted by Gasteiger charge is 2.00. The van der Waals surface area contributed by atoms with Crippen molar-refractivity contribution in [2.45, 2.75) is 45.4 Å². The van der Waals surface area contributed by atoms with E-state index in [0.717, 1.165) is 0 Å². The zero-order valence-electron chi connectivity index (χ0n) is 9.72. The molecule has 1 unspecified atom stereocenters. The Balaban J connectivity index is 2.53. The Morgan fingerprint density at radius 1 is 1.20 bits per heavy atom. The number of hydrogen-bond donors (Lipinski definition) is 0. The number of benzene rings is 1. The minimum absolute atomic E-state index is 0.120. The summed E-state index contributed by atoms with van der Waals surface area (Å²) in [5, 5.41) is 0. The standard InChI is InChI=1S/C15H19/c1-4-6-7-8-14-9-11-15(12-10-14)13(3)5-2/h9-13H,4,6-8H2,1,3H3. The predicted molar refractivity (Wildman–Crippen MR) is 65.2 cm³/mol. The molecule has 0 saturated heterocycles. The van der Waals surface area contributed by atoms with Crippen LogP contribution in [0.5, 0.6) is 0 Å². The fourth-order valence-corrected chi connectivity index (χ4v) is 1.64. The molecule has 0 aliphatic rings. The van der Waals surface area contributed by atoms with Crippen molar-refractivity contribution in [3.63, 3.8) is 0 Å². The lowest BCUT2D eigenvalue weighted by Crippen LogP contribution is -1.91. The highest BCUT2D eigenvalue weighted by molar-refractivity contribution is 5.28. The molecule has 15 heavy (non-hydrogen) atoms. The second-order valence-corrected chi connectivity index (χ2v) is 4.06. The summed E-state index contributed by atoms with van der Waals surface area (Å²) in [6.45, 7) is 4.23. The van der Waals surface area contributed by atoms with Gasteiger partial charge in [0.25, 0.3) is 0 Å². The molecule has 1 aromatic rings. The molecule has 0 aromatic heterocycles. The first-order valence-electron chi connectivity index (χ1n) is 5.79. The van der Waals surface area contributed by atoms with E-state index in [1.807, 2.05) is 6.92 Å². The van der Waals surface area contributed by atoms with Gasteiger partial charge in [-0.2, -0.15) is 0 Å². The van der Waals surface area contributed by atoms with Gasteiger partial charge in [-0.05, 0) is 37.3 Å². The first-order chi connectivity index (χ1) is 7.27. The zero-order chi connectivity index (χ0) is 11.1. The molecule has 1 rings (SSSR count). The molecule has 0 aliphatic heterocycles. The van der Waals surface area contributed by atoms with Crippen LogP contribution in [-0.4, -0.2) is 0 Å². The number of aryl methyl sites for hydroxylation is 1. The van der Waals surface area contributed by atoms with E-state index in [0.29, 0.717) is 0 Å². The summed E-state index contributed by atoms with van der Waals surface area (Å²) in [7, 11) is 0. The van der Waals surface area contributed by atoms with Crippen molar-refractivity contribution in [3.8, 4) is 5.92 Å². The highest BCUT2D eigenvalue weighted by Crippen LogP contribution is 2.15. The van der Waals surface area contributed by atoms with Gasteiger partial charge in [-0.3, -0.25) is 0 Å². The van der Waals surface area contributed by atoms with Crippen LogP contribution in [0.3, 0.4) is 0 Å². The Labute approximate surface area is 93.7 Å². The van der Waals surface area contributed by atoms with Crippen LogP contribution >= 0.6 is 0 Å². The van der Waals surface area contributed by atoms with Crippen molar-refractivity contribution < 1.29 is 0 Å². The second-order valence-electron chi connectivity index (χ2n) is 4.06. The van der Waals surface area contributed by atoms with Crippen LogP contribution in [0.1, 0.15) is 50.2 Å². The molecule has 0 saturated carbocycles. The highest BCUT2D eigenvalue weighted by atomic mass is 14.0. The number of rotatable bonds is 5. The molecular formula is C15H19. The average molecular weight is 199 g/mol. The fourth-order valence-electron chi connectivity index (χ4n) is 1.64. The fraction of sp³-hybridized carbons (Fsp3) is 0.467. The summed E-state index contributed by atoms with van der Waals surface area (Å²) >= 11 is 0. The summed E-state index contributed by atoms with van der Waals surface area (Å²) < 4.78 is 0. The molecule has 79 valence electrons. The van der Waals surface area contributed by atoms with Gasteiger partial charge in [0, 0.05) is 5.92 Å². The molecule has 0 N–H and O–H groups in total. The molecule has 0 nitrogen and oxygen atoms in total. The van der Waals surface area contributed by atoms with Gasteiger partial charge in [0.2, 0.25) is 0 Å². The van der Waals surface area contributed by atoms with Crippen molar-refractivity contribution in [2.75, 3.05) is 0 Å². The van der Waals surface area contributed by atoms with E-state index in [1.54, 1.807) is 0 Å². The molecule has 0 aliphatic carbocycles. The zero-order valence-corrected chi connectivity index (χ0v) is 9.72. The van der Waals surface area contributed by atoms with Crippen molar-refractivity contribution >= 4 is 0 Å². The van der Waals surface area contributed by atoms with E-state index in [-0.39, 0.29) is 5.92 Å². The Morgan fingerprint density at radius 3 is 2.40 bits per heavy atom. The van der Waals surface area contributed by atoms with Gasteiger partial charge in [-0.25, -0.2) is 0 Å². The van der Waals surface area contributed by atoms with Crippen LogP contribution in [0.15, 0.2) is 24.3 Å². The molecule has 0 spiro atoms. The van der Waals surface area contributed by atoms with Crippen molar-refractivity contribution in [3.05, 3.63) is 41.8 Å². The first-order valence-corrected chi connectivity index (χ1v) is 5.79. The monoisotopic (exact) mass is 199 g/mol. The third-order valence-electron chi connectivity index (χ3n) is 2.77. The second kappa shape index (κ2) is 6.30. The van der Waals surface area contributed by atoms with Crippen LogP contribution in [0.4, 0.5) is 0 Å². The summed E-state index contributed by atoms with van der Waals surface area (Å²) in [5.41, 5.74) is 2.59. The topological polar surface area (TPSA) is 0 Å². The first kappa shape index (κ1) is 11.9. The van der Waals surface area contributed by atoms with Crippen LogP contribution in [0.2, 0.25) is 0 Å². The molecule has 0 heterocycles. The van der Waals surface area contributed by atoms with Gasteiger partial charge in [-0.1, -0.05) is 50.0 Å². The molecule has 1 atom stereocenters. The van der Waals surface area contributed by atoms with Gasteiger partial charge < -0.3 is 0 Å². The van der Waals surface area contributed by atoms with E-state index in [1.165, 1.54) is 36.8 Å². The Morgan fingerprint density at radius 2 is 1.87 bits per heavy atom. The molecule has 0 amide bonds.